The van der Waals surface area contributed by atoms with Crippen molar-refractivity contribution in [2.45, 2.75) is 75.9 Å². The molecule has 276 valence electrons. The number of H-pyrrole nitrogens is 1. The predicted molar refractivity (Wildman–Crippen MR) is 197 cm³/mol. The molecular formula is C38H41ClN8O6. The molecule has 7 rings (SSSR count). The van der Waals surface area contributed by atoms with Crippen molar-refractivity contribution in [3.63, 3.8) is 0 Å². The lowest BCUT2D eigenvalue weighted by molar-refractivity contribution is -0.136. The smallest absolute Gasteiger partial charge is 0.266 e. The van der Waals surface area contributed by atoms with Crippen LogP contribution in [-0.2, 0) is 14.4 Å². The van der Waals surface area contributed by atoms with Gasteiger partial charge in [0.1, 0.15) is 11.8 Å². The Balaban J connectivity index is 0.773. The summed E-state index contributed by atoms with van der Waals surface area (Å²) in [5.41, 5.74) is 2.79. The Morgan fingerprint density at radius 1 is 0.925 bits per heavy atom. The number of rotatable bonds is 15. The Morgan fingerprint density at radius 3 is 2.58 bits per heavy atom. The third-order valence-corrected chi connectivity index (χ3v) is 10.3. The highest BCUT2D eigenvalue weighted by Gasteiger charge is 2.46. The van der Waals surface area contributed by atoms with Crippen molar-refractivity contribution in [2.75, 3.05) is 25.0 Å². The zero-order valence-corrected chi connectivity index (χ0v) is 29.8. The van der Waals surface area contributed by atoms with Gasteiger partial charge < -0.3 is 25.7 Å². The predicted octanol–water partition coefficient (Wildman–Crippen LogP) is 4.36. The molecular weight excluding hydrogens is 700 g/mol. The van der Waals surface area contributed by atoms with Crippen LogP contribution < -0.4 is 26.0 Å². The molecule has 53 heavy (non-hydrogen) atoms. The maximum Gasteiger partial charge on any atom is 0.266 e. The lowest BCUT2D eigenvalue weighted by atomic mass is 10.0. The second kappa shape index (κ2) is 16.1. The number of anilines is 1. The van der Waals surface area contributed by atoms with Crippen LogP contribution in [0.25, 0.3) is 22.2 Å². The molecule has 5 amide bonds. The summed E-state index contributed by atoms with van der Waals surface area (Å²) in [5, 5.41) is 13.8. The molecule has 2 aliphatic heterocycles. The first-order valence-electron chi connectivity index (χ1n) is 18.1. The minimum Gasteiger partial charge on any atom is -0.483 e. The van der Waals surface area contributed by atoms with Gasteiger partial charge in [0.25, 0.3) is 17.7 Å². The average molecular weight is 741 g/mol. The summed E-state index contributed by atoms with van der Waals surface area (Å²) in [4.78, 5) is 75.9. The molecule has 15 heteroatoms. The van der Waals surface area contributed by atoms with E-state index in [1.807, 2.05) is 30.5 Å². The first kappa shape index (κ1) is 36.0. The van der Waals surface area contributed by atoms with Gasteiger partial charge in [-0.2, -0.15) is 0 Å². The van der Waals surface area contributed by atoms with Gasteiger partial charge in [0.15, 0.2) is 6.61 Å². The fourth-order valence-electron chi connectivity index (χ4n) is 7.31. The Hall–Kier alpha value is -5.34. The SMILES string of the molecule is O=C(COc1cccc2c1C(=O)N(C1CCC(=O)NC1=O)C2=O)NCCCCCCN[C@H]1CC[C@@H](Nc2ncc(Cl)c(-c3c[nH]c4ccccc34)n2)C1. The second-order valence-corrected chi connectivity index (χ2v) is 14.0. The summed E-state index contributed by atoms with van der Waals surface area (Å²) in [6, 6.07) is 12.2. The van der Waals surface area contributed by atoms with E-state index in [2.05, 4.69) is 31.2 Å². The number of imide groups is 2. The number of aromatic amines is 1. The zero-order chi connectivity index (χ0) is 36.9. The van der Waals surface area contributed by atoms with Crippen LogP contribution in [0.5, 0.6) is 5.75 Å². The van der Waals surface area contributed by atoms with E-state index in [1.54, 1.807) is 12.3 Å². The van der Waals surface area contributed by atoms with Crippen molar-refractivity contribution in [1.29, 1.82) is 0 Å². The zero-order valence-electron chi connectivity index (χ0n) is 29.1. The van der Waals surface area contributed by atoms with Crippen molar-refractivity contribution in [1.82, 2.24) is 35.8 Å². The summed E-state index contributed by atoms with van der Waals surface area (Å²) in [7, 11) is 0. The third-order valence-electron chi connectivity index (χ3n) is 10.0. The largest absolute Gasteiger partial charge is 0.483 e. The summed E-state index contributed by atoms with van der Waals surface area (Å²) in [6.45, 7) is 1.09. The number of piperidine rings is 1. The van der Waals surface area contributed by atoms with Crippen molar-refractivity contribution in [3.8, 4) is 17.0 Å². The maximum absolute atomic E-state index is 13.2. The average Bonchev–Trinajstić information content (AvgIpc) is 3.86. The fraction of sp³-hybridized carbons (Fsp3) is 0.395. The van der Waals surface area contributed by atoms with E-state index in [0.717, 1.165) is 72.9 Å². The fourth-order valence-corrected chi connectivity index (χ4v) is 7.50. The van der Waals surface area contributed by atoms with Gasteiger partial charge in [-0.05, 0) is 63.3 Å². The van der Waals surface area contributed by atoms with Crippen molar-refractivity contribution in [3.05, 3.63) is 71.0 Å². The Kier molecular flexibility index (Phi) is 11.0. The van der Waals surface area contributed by atoms with Crippen molar-refractivity contribution in [2.24, 2.45) is 0 Å². The Labute approximate surface area is 310 Å². The number of amides is 5. The van der Waals surface area contributed by atoms with E-state index in [0.29, 0.717) is 29.3 Å². The summed E-state index contributed by atoms with van der Waals surface area (Å²) >= 11 is 6.50. The lowest BCUT2D eigenvalue weighted by Gasteiger charge is -2.27. The molecule has 2 aromatic carbocycles. The topological polar surface area (TPSA) is 188 Å². The molecule has 4 aromatic rings. The van der Waals surface area contributed by atoms with Crippen LogP contribution in [0.4, 0.5) is 5.95 Å². The first-order chi connectivity index (χ1) is 25.8. The molecule has 3 atom stereocenters. The van der Waals surface area contributed by atoms with Gasteiger partial charge in [-0.15, -0.1) is 0 Å². The van der Waals surface area contributed by atoms with Crippen molar-refractivity contribution < 1.29 is 28.7 Å². The number of nitrogens with one attached hydrogen (secondary N) is 5. The van der Waals surface area contributed by atoms with E-state index in [9.17, 15) is 24.0 Å². The number of para-hydroxylation sites is 1. The number of halogens is 1. The maximum atomic E-state index is 13.2. The van der Waals surface area contributed by atoms with Crippen LogP contribution in [-0.4, -0.2) is 87.2 Å². The molecule has 1 saturated carbocycles. The van der Waals surface area contributed by atoms with Crippen LogP contribution in [0.1, 0.15) is 78.5 Å². The highest BCUT2D eigenvalue weighted by Crippen LogP contribution is 2.35. The number of hydrogen-bond acceptors (Lipinski definition) is 10. The molecule has 0 radical (unpaired) electrons. The number of carbonyl (C=O) groups excluding carboxylic acids is 5. The summed E-state index contributed by atoms with van der Waals surface area (Å²) in [5.74, 6) is -2.11. The van der Waals surface area contributed by atoms with Gasteiger partial charge in [0.05, 0.1) is 28.0 Å². The van der Waals surface area contributed by atoms with Gasteiger partial charge in [-0.1, -0.05) is 48.7 Å². The first-order valence-corrected chi connectivity index (χ1v) is 18.5. The quantitative estimate of drug-likeness (QED) is 0.0866. The van der Waals surface area contributed by atoms with E-state index in [1.165, 1.54) is 12.1 Å². The monoisotopic (exact) mass is 740 g/mol. The van der Waals surface area contributed by atoms with E-state index < -0.39 is 29.7 Å². The minimum absolute atomic E-state index is 0.0134. The highest BCUT2D eigenvalue weighted by atomic mass is 35.5. The Bertz CT molecular complexity index is 2050. The number of fused-ring (bicyclic) bond motifs is 2. The number of hydrogen-bond donors (Lipinski definition) is 5. The van der Waals surface area contributed by atoms with Crippen molar-refractivity contribution >= 4 is 58.0 Å². The molecule has 3 aliphatic rings. The molecule has 2 fully saturated rings. The van der Waals surface area contributed by atoms with Gasteiger partial charge >= 0.3 is 0 Å². The third kappa shape index (κ3) is 8.03. The number of carbonyl (C=O) groups is 5. The number of unbranched alkanes of at least 4 members (excludes halogenated alkanes) is 3. The molecule has 5 N–H and O–H groups in total. The second-order valence-electron chi connectivity index (χ2n) is 13.6. The number of nitrogens with zero attached hydrogens (tertiary/aromatic N) is 3. The number of ether oxygens (including phenoxy) is 1. The van der Waals surface area contributed by atoms with E-state index >= 15 is 0 Å². The van der Waals surface area contributed by atoms with E-state index in [-0.39, 0.29) is 48.3 Å². The van der Waals surface area contributed by atoms with Gasteiger partial charge in [0, 0.05) is 47.7 Å². The standard InChI is InChI=1S/C38H41ClN8O6/c39-27-20-43-38(46-34(27)26-19-42-28-10-4-3-8-24(26)28)44-23-13-12-22(18-23)40-16-5-1-2-6-17-41-32(49)21-53-30-11-7-9-25-33(30)37(52)47(36(25)51)29-14-15-31(48)45-35(29)50/h3-4,7-11,19-20,22-23,29,40,42H,1-2,5-6,12-18,21H2,(H,41,49)(H,43,44,46)(H,45,48,50)/t22-,23+,29?/m0/s1. The molecule has 4 heterocycles. The lowest BCUT2D eigenvalue weighted by Crippen LogP contribution is -2.54. The van der Waals surface area contributed by atoms with Gasteiger partial charge in [-0.3, -0.25) is 34.2 Å². The normalized spacial score (nSPS) is 19.8. The van der Waals surface area contributed by atoms with Crippen LogP contribution in [0.2, 0.25) is 5.02 Å². The van der Waals surface area contributed by atoms with E-state index in [4.69, 9.17) is 21.3 Å². The molecule has 0 spiro atoms. The minimum atomic E-state index is -1.08. The molecule has 14 nitrogen and oxygen atoms in total. The van der Waals surface area contributed by atoms with Crippen LogP contribution in [0.15, 0.2) is 54.9 Å². The Morgan fingerprint density at radius 2 is 1.74 bits per heavy atom. The molecule has 2 aromatic heterocycles. The van der Waals surface area contributed by atoms with Crippen LogP contribution >= 0.6 is 11.6 Å². The molecule has 1 unspecified atom stereocenters. The number of benzene rings is 2. The van der Waals surface area contributed by atoms with Gasteiger partial charge in [-0.25, -0.2) is 9.97 Å². The highest BCUT2D eigenvalue weighted by molar-refractivity contribution is 6.33. The molecule has 0 bridgehead atoms. The van der Waals surface area contributed by atoms with Crippen LogP contribution in [0.3, 0.4) is 0 Å². The molecule has 1 aliphatic carbocycles. The summed E-state index contributed by atoms with van der Waals surface area (Å²) in [6.07, 6.45) is 10.6. The van der Waals surface area contributed by atoms with Crippen LogP contribution in [0, 0.1) is 0 Å². The van der Waals surface area contributed by atoms with Gasteiger partial charge in [0.2, 0.25) is 17.8 Å². The summed E-state index contributed by atoms with van der Waals surface area (Å²) < 4.78 is 5.66. The molecule has 1 saturated heterocycles. The number of aromatic nitrogens is 3.